The molecular weight excluding hydrogens is 312 g/mol. The van der Waals surface area contributed by atoms with E-state index in [4.69, 9.17) is 0 Å². The van der Waals surface area contributed by atoms with E-state index in [0.717, 1.165) is 30.0 Å². The number of carbonyl (C=O) groups is 1. The normalized spacial score (nSPS) is 24.5. The molecule has 2 saturated carbocycles. The highest BCUT2D eigenvalue weighted by Crippen LogP contribution is 2.56. The Balaban J connectivity index is 1.45. The van der Waals surface area contributed by atoms with E-state index in [-0.39, 0.29) is 11.3 Å². The molecule has 1 unspecified atom stereocenters. The van der Waals surface area contributed by atoms with Crippen molar-refractivity contribution < 1.29 is 4.79 Å². The van der Waals surface area contributed by atoms with Gasteiger partial charge in [0.25, 0.3) is 5.91 Å². The zero-order valence-electron chi connectivity index (χ0n) is 14.7. The van der Waals surface area contributed by atoms with Crippen LogP contribution in [-0.2, 0) is 0 Å². The molecule has 3 aliphatic rings. The Morgan fingerprint density at radius 2 is 2.12 bits per heavy atom. The number of benzene rings is 1. The summed E-state index contributed by atoms with van der Waals surface area (Å²) in [5.74, 6) is 1.61. The highest BCUT2D eigenvalue weighted by Gasteiger charge is 2.54. The van der Waals surface area contributed by atoms with E-state index in [1.165, 1.54) is 32.1 Å². The molecule has 2 aromatic rings. The fourth-order valence-electron chi connectivity index (χ4n) is 4.71. The van der Waals surface area contributed by atoms with Crippen molar-refractivity contribution in [1.82, 2.24) is 19.7 Å². The van der Waals surface area contributed by atoms with Crippen molar-refractivity contribution in [2.45, 2.75) is 51.0 Å². The molecule has 1 aliphatic heterocycles. The predicted molar refractivity (Wildman–Crippen MR) is 94.4 cm³/mol. The Morgan fingerprint density at radius 1 is 1.28 bits per heavy atom. The zero-order valence-corrected chi connectivity index (χ0v) is 14.7. The van der Waals surface area contributed by atoms with E-state index in [1.54, 1.807) is 0 Å². The second-order valence-electron chi connectivity index (χ2n) is 8.15. The van der Waals surface area contributed by atoms with E-state index in [0.29, 0.717) is 12.0 Å². The highest BCUT2D eigenvalue weighted by atomic mass is 16.2. The Bertz CT molecular complexity index is 819. The van der Waals surface area contributed by atoms with E-state index >= 15 is 0 Å². The second-order valence-corrected chi connectivity index (χ2v) is 8.15. The number of likely N-dealkylation sites (tertiary alicyclic amines) is 1. The lowest BCUT2D eigenvalue weighted by atomic mass is 9.62. The molecule has 5 nitrogen and oxygen atoms in total. The van der Waals surface area contributed by atoms with Gasteiger partial charge in [-0.05, 0) is 50.2 Å². The first-order chi connectivity index (χ1) is 12.2. The first-order valence-electron chi connectivity index (χ1n) is 9.42. The standard InChI is InChI=1S/C20H24N4O/c1-14-4-2-5-15(10-14)19(25)23-11-17(20(12-23)8-3-9-20)18-22-21-13-24(18)16-6-7-16/h2,4-5,10,13,16-17H,3,6-9,11-12H2,1H3. The topological polar surface area (TPSA) is 51.0 Å². The number of amides is 1. The second kappa shape index (κ2) is 5.41. The number of aromatic nitrogens is 3. The van der Waals surface area contributed by atoms with Gasteiger partial charge >= 0.3 is 0 Å². The molecule has 130 valence electrons. The van der Waals surface area contributed by atoms with Crippen LogP contribution < -0.4 is 0 Å². The van der Waals surface area contributed by atoms with Gasteiger partial charge < -0.3 is 9.47 Å². The van der Waals surface area contributed by atoms with E-state index in [1.807, 2.05) is 37.5 Å². The van der Waals surface area contributed by atoms with Crippen LogP contribution in [0.1, 0.15) is 65.8 Å². The number of hydrogen-bond donors (Lipinski definition) is 0. The predicted octanol–water partition coefficient (Wildman–Crippen LogP) is 3.33. The summed E-state index contributed by atoms with van der Waals surface area (Å²) >= 11 is 0. The summed E-state index contributed by atoms with van der Waals surface area (Å²) in [5, 5.41) is 8.69. The van der Waals surface area contributed by atoms with Gasteiger partial charge in [-0.15, -0.1) is 10.2 Å². The fourth-order valence-corrected chi connectivity index (χ4v) is 4.71. The SMILES string of the molecule is Cc1cccc(C(=O)N2CC(c3nncn3C3CC3)C3(CCC3)C2)c1. The number of carbonyl (C=O) groups excluding carboxylic acids is 1. The van der Waals surface area contributed by atoms with Crippen molar-refractivity contribution in [3.05, 3.63) is 47.5 Å². The van der Waals surface area contributed by atoms with Gasteiger partial charge in [-0.2, -0.15) is 0 Å². The van der Waals surface area contributed by atoms with Crippen LogP contribution in [0.15, 0.2) is 30.6 Å². The average molecular weight is 336 g/mol. The molecule has 5 heteroatoms. The molecule has 1 amide bonds. The van der Waals surface area contributed by atoms with Crippen molar-refractivity contribution in [2.75, 3.05) is 13.1 Å². The molecule has 25 heavy (non-hydrogen) atoms. The van der Waals surface area contributed by atoms with Gasteiger partial charge in [0.05, 0.1) is 0 Å². The molecule has 5 rings (SSSR count). The molecule has 0 radical (unpaired) electrons. The molecule has 1 aromatic carbocycles. The largest absolute Gasteiger partial charge is 0.337 e. The summed E-state index contributed by atoms with van der Waals surface area (Å²) in [5.41, 5.74) is 2.16. The van der Waals surface area contributed by atoms with Crippen molar-refractivity contribution >= 4 is 5.91 Å². The third kappa shape index (κ3) is 2.40. The quantitative estimate of drug-likeness (QED) is 0.864. The molecule has 2 aliphatic carbocycles. The van der Waals surface area contributed by atoms with Gasteiger partial charge in [0.2, 0.25) is 0 Å². The Morgan fingerprint density at radius 3 is 2.80 bits per heavy atom. The maximum Gasteiger partial charge on any atom is 0.253 e. The molecule has 0 bridgehead atoms. The van der Waals surface area contributed by atoms with Crippen LogP contribution in [0.5, 0.6) is 0 Å². The number of aryl methyl sites for hydroxylation is 1. The van der Waals surface area contributed by atoms with Crippen LogP contribution >= 0.6 is 0 Å². The van der Waals surface area contributed by atoms with Gasteiger partial charge in [0, 0.05) is 30.6 Å². The Hall–Kier alpha value is -2.17. The van der Waals surface area contributed by atoms with E-state index < -0.39 is 0 Å². The van der Waals surface area contributed by atoms with E-state index in [2.05, 4.69) is 19.7 Å². The van der Waals surface area contributed by atoms with Crippen LogP contribution in [0.25, 0.3) is 0 Å². The minimum Gasteiger partial charge on any atom is -0.337 e. The lowest BCUT2D eigenvalue weighted by molar-refractivity contribution is 0.0723. The maximum absolute atomic E-state index is 13.1. The Labute approximate surface area is 148 Å². The first kappa shape index (κ1) is 15.1. The summed E-state index contributed by atoms with van der Waals surface area (Å²) < 4.78 is 2.28. The lowest BCUT2D eigenvalue weighted by Crippen LogP contribution is -2.38. The van der Waals surface area contributed by atoms with Crippen LogP contribution in [0.4, 0.5) is 0 Å². The van der Waals surface area contributed by atoms with Gasteiger partial charge in [0.15, 0.2) is 0 Å². The molecular formula is C20H24N4O. The summed E-state index contributed by atoms with van der Waals surface area (Å²) in [7, 11) is 0. The van der Waals surface area contributed by atoms with Crippen LogP contribution in [0.3, 0.4) is 0 Å². The number of hydrogen-bond acceptors (Lipinski definition) is 3. The summed E-state index contributed by atoms with van der Waals surface area (Å²) in [4.78, 5) is 15.1. The fraction of sp³-hybridized carbons (Fsp3) is 0.550. The number of rotatable bonds is 3. The lowest BCUT2D eigenvalue weighted by Gasteiger charge is -2.42. The van der Waals surface area contributed by atoms with Crippen molar-refractivity contribution in [3.8, 4) is 0 Å². The third-order valence-corrected chi connectivity index (χ3v) is 6.40. The minimum atomic E-state index is 0.162. The first-order valence-corrected chi connectivity index (χ1v) is 9.42. The highest BCUT2D eigenvalue weighted by molar-refractivity contribution is 5.94. The van der Waals surface area contributed by atoms with Crippen LogP contribution in [0.2, 0.25) is 0 Å². The average Bonchev–Trinajstić information content (AvgIpc) is 3.16. The molecule has 2 heterocycles. The summed E-state index contributed by atoms with van der Waals surface area (Å²) in [6.45, 7) is 3.68. The molecule has 1 spiro atoms. The summed E-state index contributed by atoms with van der Waals surface area (Å²) in [6.07, 6.45) is 8.03. The minimum absolute atomic E-state index is 0.162. The molecule has 1 saturated heterocycles. The third-order valence-electron chi connectivity index (χ3n) is 6.40. The molecule has 1 atom stereocenters. The monoisotopic (exact) mass is 336 g/mol. The molecule has 0 N–H and O–H groups in total. The number of nitrogens with zero attached hydrogens (tertiary/aromatic N) is 4. The van der Waals surface area contributed by atoms with Gasteiger partial charge in [-0.1, -0.05) is 24.1 Å². The Kier molecular flexibility index (Phi) is 3.27. The van der Waals surface area contributed by atoms with E-state index in [9.17, 15) is 4.79 Å². The smallest absolute Gasteiger partial charge is 0.253 e. The maximum atomic E-state index is 13.1. The van der Waals surface area contributed by atoms with Gasteiger partial charge in [0.1, 0.15) is 12.2 Å². The van der Waals surface area contributed by atoms with Crippen LogP contribution in [-0.4, -0.2) is 38.7 Å². The molecule has 3 fully saturated rings. The van der Waals surface area contributed by atoms with Crippen molar-refractivity contribution in [3.63, 3.8) is 0 Å². The summed E-state index contributed by atoms with van der Waals surface area (Å²) in [6, 6.07) is 8.52. The van der Waals surface area contributed by atoms with Crippen LogP contribution in [0, 0.1) is 12.3 Å². The van der Waals surface area contributed by atoms with Crippen molar-refractivity contribution in [1.29, 1.82) is 0 Å². The molecule has 1 aromatic heterocycles. The zero-order chi connectivity index (χ0) is 17.0. The van der Waals surface area contributed by atoms with Gasteiger partial charge in [-0.25, -0.2) is 0 Å². The van der Waals surface area contributed by atoms with Gasteiger partial charge in [-0.3, -0.25) is 4.79 Å². The van der Waals surface area contributed by atoms with Crippen molar-refractivity contribution in [2.24, 2.45) is 5.41 Å².